The molecule has 1 aromatic carbocycles. The van der Waals surface area contributed by atoms with Crippen molar-refractivity contribution in [3.63, 3.8) is 0 Å². The Labute approximate surface area is 128 Å². The first-order chi connectivity index (χ1) is 10.3. The van der Waals surface area contributed by atoms with Crippen molar-refractivity contribution >= 4 is 11.6 Å². The van der Waals surface area contributed by atoms with E-state index < -0.39 is 0 Å². The van der Waals surface area contributed by atoms with Crippen molar-refractivity contribution in [3.8, 4) is 0 Å². The predicted molar refractivity (Wildman–Crippen MR) is 89.5 cm³/mol. The molecule has 0 unspecified atom stereocenters. The average molecular weight is 288 g/mol. The molecule has 1 saturated carbocycles. The van der Waals surface area contributed by atoms with Crippen LogP contribution in [0.15, 0.2) is 24.3 Å². The van der Waals surface area contributed by atoms with Gasteiger partial charge in [-0.1, -0.05) is 50.3 Å². The average Bonchev–Trinajstić information content (AvgIpc) is 2.49. The topological polar surface area (TPSA) is 73.9 Å². The summed E-state index contributed by atoms with van der Waals surface area (Å²) in [5.74, 6) is 0.951. The fourth-order valence-electron chi connectivity index (χ4n) is 3.16. The molecule has 116 valence electrons. The van der Waals surface area contributed by atoms with E-state index in [4.69, 9.17) is 11.1 Å². The summed E-state index contributed by atoms with van der Waals surface area (Å²) in [6.07, 6.45) is 9.79. The van der Waals surface area contributed by atoms with Crippen molar-refractivity contribution in [2.24, 2.45) is 11.7 Å². The molecule has 0 amide bonds. The fourth-order valence-corrected chi connectivity index (χ4v) is 3.16. The lowest BCUT2D eigenvalue weighted by Crippen LogP contribution is -2.23. The zero-order chi connectivity index (χ0) is 14.9. The Hall–Kier alpha value is -1.55. The van der Waals surface area contributed by atoms with Crippen molar-refractivity contribution < 1.29 is 0 Å². The molecule has 1 aromatic rings. The van der Waals surface area contributed by atoms with Crippen LogP contribution in [0.25, 0.3) is 0 Å². The molecule has 0 bridgehead atoms. The van der Waals surface area contributed by atoms with Crippen LogP contribution in [0, 0.1) is 11.3 Å². The minimum Gasteiger partial charge on any atom is -0.370 e. The Balaban J connectivity index is 1.67. The quantitative estimate of drug-likeness (QED) is 0.353. The third kappa shape index (κ3) is 5.76. The van der Waals surface area contributed by atoms with Gasteiger partial charge in [0.1, 0.15) is 0 Å². The third-order valence-electron chi connectivity index (χ3n) is 4.29. The Morgan fingerprint density at radius 3 is 2.71 bits per heavy atom. The molecule has 0 heterocycles. The molecule has 0 aliphatic heterocycles. The van der Waals surface area contributed by atoms with Gasteiger partial charge in [0.15, 0.2) is 5.96 Å². The molecule has 5 N–H and O–H groups in total. The number of hydrogen-bond acceptors (Lipinski definition) is 2. The lowest BCUT2D eigenvalue weighted by molar-refractivity contribution is 0.330. The molecular formula is C17H28N4. The van der Waals surface area contributed by atoms with Gasteiger partial charge in [-0.25, -0.2) is 0 Å². The van der Waals surface area contributed by atoms with Crippen LogP contribution in [-0.4, -0.2) is 12.5 Å². The Bertz CT molecular complexity index is 438. The molecule has 1 aliphatic carbocycles. The highest BCUT2D eigenvalue weighted by Gasteiger charge is 2.12. The number of nitrogens with one attached hydrogen (secondary N) is 3. The number of rotatable bonds is 7. The number of benzene rings is 1. The minimum absolute atomic E-state index is 0.0141. The third-order valence-corrected chi connectivity index (χ3v) is 4.29. The molecule has 0 saturated heterocycles. The predicted octanol–water partition coefficient (Wildman–Crippen LogP) is 3.44. The lowest BCUT2D eigenvalue weighted by atomic mass is 9.86. The SMILES string of the molecule is N=C(N)Nc1ccccc1CNCCCC1CCCCC1. The highest BCUT2D eigenvalue weighted by molar-refractivity contribution is 5.90. The van der Waals surface area contributed by atoms with E-state index in [9.17, 15) is 0 Å². The van der Waals surface area contributed by atoms with Gasteiger partial charge in [-0.2, -0.15) is 0 Å². The Kier molecular flexibility index (Phi) is 6.54. The number of guanidine groups is 1. The fraction of sp³-hybridized carbons (Fsp3) is 0.588. The van der Waals surface area contributed by atoms with Gasteiger partial charge < -0.3 is 16.4 Å². The van der Waals surface area contributed by atoms with E-state index in [1.165, 1.54) is 44.9 Å². The molecule has 2 rings (SSSR count). The molecule has 0 atom stereocenters. The Morgan fingerprint density at radius 1 is 1.19 bits per heavy atom. The maximum atomic E-state index is 7.33. The van der Waals surface area contributed by atoms with Crippen LogP contribution < -0.4 is 16.4 Å². The number of nitrogens with two attached hydrogens (primary N) is 1. The minimum atomic E-state index is -0.0141. The van der Waals surface area contributed by atoms with Crippen LogP contribution in [-0.2, 0) is 6.54 Å². The van der Waals surface area contributed by atoms with Gasteiger partial charge in [0.05, 0.1) is 0 Å². The standard InChI is InChI=1S/C17H28N4/c18-17(19)21-16-11-5-4-10-15(16)13-20-12-6-9-14-7-2-1-3-8-14/h4-5,10-11,14,20H,1-3,6-9,12-13H2,(H4,18,19,21). The van der Waals surface area contributed by atoms with Crippen LogP contribution in [0.3, 0.4) is 0 Å². The maximum Gasteiger partial charge on any atom is 0.190 e. The molecule has 1 fully saturated rings. The van der Waals surface area contributed by atoms with E-state index in [0.717, 1.165) is 30.3 Å². The highest BCUT2D eigenvalue weighted by atomic mass is 15.0. The second kappa shape index (κ2) is 8.67. The molecule has 0 spiro atoms. The van der Waals surface area contributed by atoms with Gasteiger partial charge in [0.2, 0.25) is 0 Å². The molecule has 21 heavy (non-hydrogen) atoms. The summed E-state index contributed by atoms with van der Waals surface area (Å²) in [4.78, 5) is 0. The number of para-hydroxylation sites is 1. The molecule has 4 heteroatoms. The van der Waals surface area contributed by atoms with E-state index >= 15 is 0 Å². The van der Waals surface area contributed by atoms with Crippen LogP contribution in [0.4, 0.5) is 5.69 Å². The normalized spacial score (nSPS) is 15.8. The largest absolute Gasteiger partial charge is 0.370 e. The van der Waals surface area contributed by atoms with Gasteiger partial charge in [-0.05, 0) is 36.9 Å². The summed E-state index contributed by atoms with van der Waals surface area (Å²) in [6, 6.07) is 8.00. The molecule has 0 radical (unpaired) electrons. The molecular weight excluding hydrogens is 260 g/mol. The van der Waals surface area contributed by atoms with Gasteiger partial charge in [-0.15, -0.1) is 0 Å². The van der Waals surface area contributed by atoms with Crippen molar-refractivity contribution in [1.29, 1.82) is 5.41 Å². The van der Waals surface area contributed by atoms with Crippen molar-refractivity contribution in [2.45, 2.75) is 51.5 Å². The van der Waals surface area contributed by atoms with Crippen molar-refractivity contribution in [1.82, 2.24) is 5.32 Å². The van der Waals surface area contributed by atoms with E-state index in [-0.39, 0.29) is 5.96 Å². The lowest BCUT2D eigenvalue weighted by Gasteiger charge is -2.21. The first-order valence-electron chi connectivity index (χ1n) is 8.15. The second-order valence-corrected chi connectivity index (χ2v) is 6.02. The van der Waals surface area contributed by atoms with Gasteiger partial charge >= 0.3 is 0 Å². The van der Waals surface area contributed by atoms with Gasteiger partial charge in [-0.3, -0.25) is 5.41 Å². The van der Waals surface area contributed by atoms with Gasteiger partial charge in [0.25, 0.3) is 0 Å². The van der Waals surface area contributed by atoms with E-state index in [2.05, 4.69) is 16.7 Å². The summed E-state index contributed by atoms with van der Waals surface area (Å²) in [7, 11) is 0. The molecule has 0 aromatic heterocycles. The van der Waals surface area contributed by atoms with Crippen molar-refractivity contribution in [3.05, 3.63) is 29.8 Å². The smallest absolute Gasteiger partial charge is 0.190 e. The summed E-state index contributed by atoms with van der Waals surface area (Å²) >= 11 is 0. The van der Waals surface area contributed by atoms with E-state index in [0.29, 0.717) is 0 Å². The molecule has 4 nitrogen and oxygen atoms in total. The summed E-state index contributed by atoms with van der Waals surface area (Å²) in [6.45, 7) is 1.88. The van der Waals surface area contributed by atoms with Crippen LogP contribution in [0.5, 0.6) is 0 Å². The maximum absolute atomic E-state index is 7.33. The Morgan fingerprint density at radius 2 is 1.95 bits per heavy atom. The number of anilines is 1. The summed E-state index contributed by atoms with van der Waals surface area (Å²) in [5.41, 5.74) is 7.48. The van der Waals surface area contributed by atoms with Gasteiger partial charge in [0, 0.05) is 12.2 Å². The second-order valence-electron chi connectivity index (χ2n) is 6.02. The zero-order valence-corrected chi connectivity index (χ0v) is 12.8. The summed E-state index contributed by atoms with van der Waals surface area (Å²) < 4.78 is 0. The zero-order valence-electron chi connectivity index (χ0n) is 12.8. The van der Waals surface area contributed by atoms with Crippen molar-refractivity contribution in [2.75, 3.05) is 11.9 Å². The van der Waals surface area contributed by atoms with Crippen LogP contribution >= 0.6 is 0 Å². The van der Waals surface area contributed by atoms with E-state index in [1.54, 1.807) is 0 Å². The van der Waals surface area contributed by atoms with Crippen LogP contribution in [0.1, 0.15) is 50.5 Å². The molecule has 1 aliphatic rings. The van der Waals surface area contributed by atoms with Crippen LogP contribution in [0.2, 0.25) is 0 Å². The monoisotopic (exact) mass is 288 g/mol. The summed E-state index contributed by atoms with van der Waals surface area (Å²) in [5, 5.41) is 13.7. The van der Waals surface area contributed by atoms with E-state index in [1.807, 2.05) is 18.2 Å². The highest BCUT2D eigenvalue weighted by Crippen LogP contribution is 2.27. The first-order valence-corrected chi connectivity index (χ1v) is 8.15. The first kappa shape index (κ1) is 15.8. The number of hydrogen-bond donors (Lipinski definition) is 4.